The normalized spacial score (nSPS) is 11.7. The Kier molecular flexibility index (Phi) is 7.90. The fraction of sp³-hybridized carbons (Fsp3) is 0.800. The second kappa shape index (κ2) is 8.01. The molecule has 0 radical (unpaired) electrons. The van der Waals surface area contributed by atoms with E-state index in [-0.39, 0.29) is 0 Å². The van der Waals surface area contributed by atoms with E-state index in [1.807, 2.05) is 6.92 Å². The lowest BCUT2D eigenvalue weighted by Gasteiger charge is -2.22. The highest BCUT2D eigenvalue weighted by atomic mass is 28.4. The van der Waals surface area contributed by atoms with Crippen LogP contribution in [0, 0.1) is 0 Å². The molecule has 15 heavy (non-hydrogen) atoms. The van der Waals surface area contributed by atoms with Crippen LogP contribution in [0.2, 0.25) is 0 Å². The average molecular weight is 234 g/mol. The summed E-state index contributed by atoms with van der Waals surface area (Å²) in [7, 11) is 1.79. The molecule has 0 unspecified atom stereocenters. The van der Waals surface area contributed by atoms with Gasteiger partial charge in [-0.2, -0.15) is 0 Å². The molecule has 0 saturated carbocycles. The van der Waals surface area contributed by atoms with Crippen molar-refractivity contribution in [3.63, 3.8) is 0 Å². The molecular weight excluding hydrogens is 212 g/mol. The van der Waals surface area contributed by atoms with E-state index in [0.29, 0.717) is 6.61 Å². The monoisotopic (exact) mass is 234 g/mol. The highest BCUT2D eigenvalue weighted by Gasteiger charge is 2.41. The highest BCUT2D eigenvalue weighted by Crippen LogP contribution is 2.10. The molecule has 0 aromatic rings. The molecule has 0 amide bonds. The highest BCUT2D eigenvalue weighted by molar-refractivity contribution is 6.53. The topological polar surface area (TPSA) is 36.9 Å². The van der Waals surface area contributed by atoms with Crippen LogP contribution in [-0.2, 0) is 17.7 Å². The van der Waals surface area contributed by atoms with E-state index in [4.69, 9.17) is 17.7 Å². The molecule has 0 saturated heterocycles. The average Bonchev–Trinajstić information content (AvgIpc) is 2.24. The van der Waals surface area contributed by atoms with Crippen LogP contribution >= 0.6 is 0 Å². The van der Waals surface area contributed by atoms with Gasteiger partial charge in [-0.3, -0.25) is 0 Å². The molecule has 5 heteroatoms. The fourth-order valence-electron chi connectivity index (χ4n) is 1.15. The molecular formula is C10H22O4Si. The molecule has 0 aromatic carbocycles. The molecule has 0 aliphatic heterocycles. The van der Waals surface area contributed by atoms with Crippen molar-refractivity contribution < 1.29 is 17.7 Å². The quantitative estimate of drug-likeness (QED) is 0.348. The maximum atomic E-state index is 5.50. The molecule has 4 nitrogen and oxygen atoms in total. The van der Waals surface area contributed by atoms with E-state index in [1.165, 1.54) is 26.9 Å². The van der Waals surface area contributed by atoms with Gasteiger partial charge < -0.3 is 17.7 Å². The van der Waals surface area contributed by atoms with Crippen molar-refractivity contribution in [2.75, 3.05) is 27.9 Å². The van der Waals surface area contributed by atoms with Crippen molar-refractivity contribution in [1.82, 2.24) is 0 Å². The lowest BCUT2D eigenvalue weighted by molar-refractivity contribution is 0.00515. The van der Waals surface area contributed by atoms with E-state index < -0.39 is 9.05 Å². The van der Waals surface area contributed by atoms with Crippen LogP contribution in [0.4, 0.5) is 0 Å². The van der Waals surface area contributed by atoms with E-state index in [9.17, 15) is 0 Å². The number of hydrogen-bond acceptors (Lipinski definition) is 4. The maximum absolute atomic E-state index is 5.50. The van der Waals surface area contributed by atoms with Crippen LogP contribution in [0.3, 0.4) is 0 Å². The van der Waals surface area contributed by atoms with Crippen LogP contribution in [0.5, 0.6) is 0 Å². The minimum atomic E-state index is -2.82. The molecule has 0 bridgehead atoms. The Bertz CT molecular complexity index is 172. The molecule has 0 heterocycles. The predicted molar refractivity (Wildman–Crippen MR) is 61.4 cm³/mol. The summed E-state index contributed by atoms with van der Waals surface area (Å²) >= 11 is 0. The van der Waals surface area contributed by atoms with Crippen LogP contribution < -0.4 is 0 Å². The van der Waals surface area contributed by atoms with Gasteiger partial charge >= 0.3 is 9.05 Å². The number of hydrogen-bond donors (Lipinski definition) is 0. The third-order valence-electron chi connectivity index (χ3n) is 2.03. The van der Waals surface area contributed by atoms with Crippen molar-refractivity contribution in [1.29, 1.82) is 0 Å². The Balaban J connectivity index is 3.67. The van der Waals surface area contributed by atoms with Gasteiger partial charge in [0.25, 0.3) is 0 Å². The third kappa shape index (κ3) is 6.06. The zero-order valence-electron chi connectivity index (χ0n) is 10.2. The Hall–Kier alpha value is -0.203. The zero-order chi connectivity index (χ0) is 11.7. The number of rotatable bonds is 9. The molecule has 0 aromatic heterocycles. The van der Waals surface area contributed by atoms with E-state index in [2.05, 4.69) is 6.58 Å². The summed E-state index contributed by atoms with van der Waals surface area (Å²) < 4.78 is 20.9. The van der Waals surface area contributed by atoms with Crippen molar-refractivity contribution >= 4 is 9.05 Å². The molecule has 90 valence electrons. The summed E-state index contributed by atoms with van der Waals surface area (Å²) in [5.74, 6) is 0. The summed E-state index contributed by atoms with van der Waals surface area (Å²) in [6.45, 7) is 6.46. The van der Waals surface area contributed by atoms with E-state index >= 15 is 0 Å². The van der Waals surface area contributed by atoms with Crippen LogP contribution in [0.25, 0.3) is 0 Å². The van der Waals surface area contributed by atoms with Crippen molar-refractivity contribution in [3.8, 4) is 0 Å². The Morgan fingerprint density at radius 3 is 2.00 bits per heavy atom. The van der Waals surface area contributed by atoms with Crippen molar-refractivity contribution in [3.05, 3.63) is 12.2 Å². The van der Waals surface area contributed by atoms with Gasteiger partial charge in [0.1, 0.15) is 0 Å². The van der Waals surface area contributed by atoms with E-state index in [1.54, 1.807) is 0 Å². The summed E-state index contributed by atoms with van der Waals surface area (Å²) in [5.41, 5.74) is 1.20. The van der Waals surface area contributed by atoms with Gasteiger partial charge in [-0.05, 0) is 26.2 Å². The first-order valence-corrected chi connectivity index (χ1v) is 6.67. The minimum absolute atomic E-state index is 0.592. The van der Waals surface area contributed by atoms with Gasteiger partial charge in [0.15, 0.2) is 0 Å². The molecule has 0 atom stereocenters. The summed E-state index contributed by atoms with van der Waals surface area (Å²) in [4.78, 5) is 0. The molecule has 0 spiro atoms. The second-order valence-electron chi connectivity index (χ2n) is 3.38. The first-order valence-electron chi connectivity index (χ1n) is 5.04. The Labute approximate surface area is 93.7 Å². The minimum Gasteiger partial charge on any atom is -0.355 e. The fourth-order valence-corrected chi connectivity index (χ4v) is 2.40. The SMILES string of the molecule is C=C(C)CCCCO[Si](OC)(OC)OC. The van der Waals surface area contributed by atoms with Gasteiger partial charge in [-0.15, -0.1) is 6.58 Å². The van der Waals surface area contributed by atoms with Gasteiger partial charge in [0.05, 0.1) is 0 Å². The summed E-state index contributed by atoms with van der Waals surface area (Å²) in [6.07, 6.45) is 3.06. The summed E-state index contributed by atoms with van der Waals surface area (Å²) in [6, 6.07) is 0. The Morgan fingerprint density at radius 1 is 1.07 bits per heavy atom. The van der Waals surface area contributed by atoms with Crippen molar-refractivity contribution in [2.24, 2.45) is 0 Å². The van der Waals surface area contributed by atoms with Crippen LogP contribution in [-0.4, -0.2) is 37.0 Å². The largest absolute Gasteiger partial charge is 0.678 e. The van der Waals surface area contributed by atoms with Crippen LogP contribution in [0.15, 0.2) is 12.2 Å². The van der Waals surface area contributed by atoms with Gasteiger partial charge in [0, 0.05) is 27.9 Å². The summed E-state index contributed by atoms with van der Waals surface area (Å²) in [5, 5.41) is 0. The van der Waals surface area contributed by atoms with E-state index in [0.717, 1.165) is 19.3 Å². The Morgan fingerprint density at radius 2 is 1.60 bits per heavy atom. The first kappa shape index (κ1) is 14.8. The lowest BCUT2D eigenvalue weighted by Crippen LogP contribution is -2.46. The number of allylic oxidation sites excluding steroid dienone is 1. The second-order valence-corrected chi connectivity index (χ2v) is 5.89. The number of unbranched alkanes of at least 4 members (excludes halogenated alkanes) is 1. The van der Waals surface area contributed by atoms with Gasteiger partial charge in [-0.1, -0.05) is 5.57 Å². The molecule has 0 fully saturated rings. The third-order valence-corrected chi connectivity index (χ3v) is 4.08. The van der Waals surface area contributed by atoms with Gasteiger partial charge in [0.2, 0.25) is 0 Å². The predicted octanol–water partition coefficient (Wildman–Crippen LogP) is 2.12. The first-order chi connectivity index (χ1) is 7.10. The standard InChI is InChI=1S/C10H22O4Si/c1-10(2)8-6-7-9-14-15(11-3,12-4)13-5/h1,6-9H2,2-5H3. The smallest absolute Gasteiger partial charge is 0.355 e. The molecule has 0 aliphatic rings. The van der Waals surface area contributed by atoms with Gasteiger partial charge in [-0.25, -0.2) is 0 Å². The maximum Gasteiger partial charge on any atom is 0.678 e. The zero-order valence-corrected chi connectivity index (χ0v) is 11.2. The lowest BCUT2D eigenvalue weighted by atomic mass is 10.1. The van der Waals surface area contributed by atoms with Crippen molar-refractivity contribution in [2.45, 2.75) is 26.2 Å². The molecule has 0 N–H and O–H groups in total. The van der Waals surface area contributed by atoms with Crippen LogP contribution in [0.1, 0.15) is 26.2 Å². The molecule has 0 aliphatic carbocycles. The molecule has 0 rings (SSSR count).